The van der Waals surface area contributed by atoms with Crippen LogP contribution in [0.5, 0.6) is 0 Å². The van der Waals surface area contributed by atoms with Crippen LogP contribution in [0.4, 0.5) is 0 Å². The first kappa shape index (κ1) is 27.3. The highest BCUT2D eigenvalue weighted by molar-refractivity contribution is 7.99. The lowest BCUT2D eigenvalue weighted by Crippen LogP contribution is -2.41. The summed E-state index contributed by atoms with van der Waals surface area (Å²) >= 11 is 1.62. The zero-order valence-electron chi connectivity index (χ0n) is 18.5. The van der Waals surface area contributed by atoms with Gasteiger partial charge < -0.3 is 10.4 Å². The molecule has 0 aromatic heterocycles. The number of amides is 1. The number of rotatable bonds is 21. The van der Waals surface area contributed by atoms with Crippen molar-refractivity contribution in [1.29, 1.82) is 0 Å². The second kappa shape index (κ2) is 21.0. The van der Waals surface area contributed by atoms with Crippen LogP contribution in [0.3, 0.4) is 0 Å². The van der Waals surface area contributed by atoms with Crippen LogP contribution in [-0.2, 0) is 9.59 Å². The number of hydrogen-bond acceptors (Lipinski definition) is 3. The molecule has 0 aromatic rings. The number of thioether (sulfide) groups is 1. The summed E-state index contributed by atoms with van der Waals surface area (Å²) in [4.78, 5) is 22.0. The minimum absolute atomic E-state index is 0.282. The monoisotopic (exact) mass is 415 g/mol. The Balaban J connectivity index is 3.23. The van der Waals surface area contributed by atoms with Gasteiger partial charge in [0.15, 0.2) is 0 Å². The van der Waals surface area contributed by atoms with Gasteiger partial charge in [0.2, 0.25) is 5.91 Å². The molecule has 1 amide bonds. The largest absolute Gasteiger partial charge is 0.480 e. The Kier molecular flexibility index (Phi) is 20.5. The zero-order chi connectivity index (χ0) is 20.9. The molecule has 28 heavy (non-hydrogen) atoms. The van der Waals surface area contributed by atoms with Gasteiger partial charge in [0, 0.05) is 12.7 Å². The number of carbonyl (C=O) groups excluding carboxylic acids is 1. The molecule has 1 unspecified atom stereocenters. The summed E-state index contributed by atoms with van der Waals surface area (Å²) in [5, 5.41) is 11.5. The molecule has 0 saturated carbocycles. The third kappa shape index (κ3) is 20.0. The van der Waals surface area contributed by atoms with Crippen LogP contribution in [0.2, 0.25) is 0 Å². The van der Waals surface area contributed by atoms with E-state index in [0.717, 1.165) is 12.2 Å². The number of aliphatic carboxylic acids is 1. The first-order valence-corrected chi connectivity index (χ1v) is 12.8. The van der Waals surface area contributed by atoms with Crippen molar-refractivity contribution in [1.82, 2.24) is 5.32 Å². The van der Waals surface area contributed by atoms with Gasteiger partial charge in [-0.1, -0.05) is 103 Å². The van der Waals surface area contributed by atoms with E-state index in [4.69, 9.17) is 5.11 Å². The predicted octanol–water partition coefficient (Wildman–Crippen LogP) is 6.57. The van der Waals surface area contributed by atoms with E-state index in [1.807, 2.05) is 0 Å². The average molecular weight is 416 g/mol. The number of carbonyl (C=O) groups is 2. The van der Waals surface area contributed by atoms with E-state index in [1.165, 1.54) is 103 Å². The fourth-order valence-electron chi connectivity index (χ4n) is 3.37. The van der Waals surface area contributed by atoms with Gasteiger partial charge in [-0.2, -0.15) is 11.8 Å². The van der Waals surface area contributed by atoms with Crippen LogP contribution in [0.1, 0.15) is 117 Å². The molecule has 0 spiro atoms. The SMILES string of the molecule is CCCCCCCCCCCCCCCCCCSCC(NC(C)=O)C(=O)O. The molecule has 2 N–H and O–H groups in total. The van der Waals surface area contributed by atoms with Crippen molar-refractivity contribution >= 4 is 23.6 Å². The lowest BCUT2D eigenvalue weighted by Gasteiger charge is -2.12. The average Bonchev–Trinajstić information content (AvgIpc) is 2.65. The second-order valence-corrected chi connectivity index (χ2v) is 9.12. The van der Waals surface area contributed by atoms with Crippen LogP contribution in [0, 0.1) is 0 Å². The molecule has 0 bridgehead atoms. The van der Waals surface area contributed by atoms with E-state index >= 15 is 0 Å². The van der Waals surface area contributed by atoms with Crippen LogP contribution < -0.4 is 5.32 Å². The lowest BCUT2D eigenvalue weighted by atomic mass is 10.0. The van der Waals surface area contributed by atoms with Crippen molar-refractivity contribution < 1.29 is 14.7 Å². The number of unbranched alkanes of at least 4 members (excludes halogenated alkanes) is 15. The molecule has 0 aliphatic heterocycles. The van der Waals surface area contributed by atoms with E-state index in [2.05, 4.69) is 12.2 Å². The van der Waals surface area contributed by atoms with Crippen molar-refractivity contribution in [2.45, 2.75) is 123 Å². The van der Waals surface area contributed by atoms with Gasteiger partial charge in [0.1, 0.15) is 6.04 Å². The van der Waals surface area contributed by atoms with Gasteiger partial charge in [-0.05, 0) is 12.2 Å². The maximum Gasteiger partial charge on any atom is 0.327 e. The predicted molar refractivity (Wildman–Crippen MR) is 122 cm³/mol. The van der Waals surface area contributed by atoms with Gasteiger partial charge >= 0.3 is 5.97 Å². The van der Waals surface area contributed by atoms with E-state index in [-0.39, 0.29) is 5.91 Å². The normalized spacial score (nSPS) is 12.1. The molecular weight excluding hydrogens is 370 g/mol. The Hall–Kier alpha value is -0.710. The molecule has 0 aliphatic rings. The van der Waals surface area contributed by atoms with Gasteiger partial charge in [0.25, 0.3) is 0 Å². The molecule has 0 aliphatic carbocycles. The van der Waals surface area contributed by atoms with Crippen LogP contribution in [0.25, 0.3) is 0 Å². The lowest BCUT2D eigenvalue weighted by molar-refractivity contribution is -0.140. The molecule has 166 valence electrons. The van der Waals surface area contributed by atoms with E-state index in [1.54, 1.807) is 11.8 Å². The van der Waals surface area contributed by atoms with Crippen molar-refractivity contribution in [3.63, 3.8) is 0 Å². The van der Waals surface area contributed by atoms with Crippen LogP contribution in [-0.4, -0.2) is 34.5 Å². The van der Waals surface area contributed by atoms with Crippen molar-refractivity contribution in [2.75, 3.05) is 11.5 Å². The molecular formula is C23H45NO3S. The smallest absolute Gasteiger partial charge is 0.327 e. The summed E-state index contributed by atoms with van der Waals surface area (Å²) in [6.45, 7) is 3.63. The molecule has 5 heteroatoms. The van der Waals surface area contributed by atoms with Gasteiger partial charge in [-0.25, -0.2) is 4.79 Å². The fraction of sp³-hybridized carbons (Fsp3) is 0.913. The van der Waals surface area contributed by atoms with Gasteiger partial charge in [-0.15, -0.1) is 0 Å². The quantitative estimate of drug-likeness (QED) is 0.208. The maximum absolute atomic E-state index is 11.0. The number of carboxylic acid groups (broad SMARTS) is 1. The Morgan fingerprint density at radius 2 is 1.14 bits per heavy atom. The topological polar surface area (TPSA) is 66.4 Å². The highest BCUT2D eigenvalue weighted by atomic mass is 32.2. The zero-order valence-corrected chi connectivity index (χ0v) is 19.3. The number of hydrogen-bond donors (Lipinski definition) is 2. The summed E-state index contributed by atoms with van der Waals surface area (Å²) < 4.78 is 0. The minimum atomic E-state index is -0.949. The van der Waals surface area contributed by atoms with Crippen LogP contribution >= 0.6 is 11.8 Å². The van der Waals surface area contributed by atoms with Crippen molar-refractivity contribution in [3.8, 4) is 0 Å². The number of carboxylic acids is 1. The first-order chi connectivity index (χ1) is 13.6. The second-order valence-electron chi connectivity index (χ2n) is 7.97. The van der Waals surface area contributed by atoms with Gasteiger partial charge in [-0.3, -0.25) is 4.79 Å². The third-order valence-electron chi connectivity index (χ3n) is 5.10. The van der Waals surface area contributed by atoms with E-state index in [0.29, 0.717) is 5.75 Å². The van der Waals surface area contributed by atoms with E-state index < -0.39 is 12.0 Å². The van der Waals surface area contributed by atoms with Crippen LogP contribution in [0.15, 0.2) is 0 Å². The van der Waals surface area contributed by atoms with E-state index in [9.17, 15) is 9.59 Å². The molecule has 0 aromatic carbocycles. The standard InChI is InChI=1S/C23H45NO3S/c1-3-4-5-6-7-8-9-10-11-12-13-14-15-16-17-18-19-28-20-22(23(26)27)24-21(2)25/h22H,3-20H2,1-2H3,(H,24,25)(H,26,27). The molecule has 0 radical (unpaired) electrons. The Morgan fingerprint density at radius 1 is 0.750 bits per heavy atom. The molecule has 0 fully saturated rings. The maximum atomic E-state index is 11.0. The summed E-state index contributed by atoms with van der Waals surface area (Å²) in [5.74, 6) is 0.195. The molecule has 4 nitrogen and oxygen atoms in total. The van der Waals surface area contributed by atoms with Crippen molar-refractivity contribution in [3.05, 3.63) is 0 Å². The Labute approximate surface area is 178 Å². The summed E-state index contributed by atoms with van der Waals surface area (Å²) in [6.07, 6.45) is 21.8. The number of nitrogens with one attached hydrogen (secondary N) is 1. The first-order valence-electron chi connectivity index (χ1n) is 11.7. The summed E-state index contributed by atoms with van der Waals surface area (Å²) in [7, 11) is 0. The third-order valence-corrected chi connectivity index (χ3v) is 6.25. The fourth-order valence-corrected chi connectivity index (χ4v) is 4.41. The minimum Gasteiger partial charge on any atom is -0.480 e. The summed E-state index contributed by atoms with van der Waals surface area (Å²) in [5.41, 5.74) is 0. The molecule has 0 rings (SSSR count). The summed E-state index contributed by atoms with van der Waals surface area (Å²) in [6, 6.07) is -0.761. The van der Waals surface area contributed by atoms with Crippen molar-refractivity contribution in [2.24, 2.45) is 0 Å². The Morgan fingerprint density at radius 3 is 1.50 bits per heavy atom. The van der Waals surface area contributed by atoms with Gasteiger partial charge in [0.05, 0.1) is 0 Å². The molecule has 1 atom stereocenters. The Bertz CT molecular complexity index is 377. The molecule has 0 saturated heterocycles. The highest BCUT2D eigenvalue weighted by Gasteiger charge is 2.17. The molecule has 0 heterocycles. The highest BCUT2D eigenvalue weighted by Crippen LogP contribution is 2.14.